The number of halogens is 1. The van der Waals surface area contributed by atoms with E-state index in [2.05, 4.69) is 0 Å². The summed E-state index contributed by atoms with van der Waals surface area (Å²) in [5.74, 6) is -1.01. The van der Waals surface area contributed by atoms with Crippen LogP contribution in [0.15, 0.2) is 54.6 Å². The summed E-state index contributed by atoms with van der Waals surface area (Å²) >= 11 is 5.36. The van der Waals surface area contributed by atoms with E-state index in [0.29, 0.717) is 11.1 Å². The molecule has 0 fully saturated rings. The third-order valence-electron chi connectivity index (χ3n) is 2.97. The average molecular weight is 346 g/mol. The molecule has 2 aromatic carbocycles. The van der Waals surface area contributed by atoms with Gasteiger partial charge in [0.15, 0.2) is 5.78 Å². The predicted molar refractivity (Wildman–Crippen MR) is 89.3 cm³/mol. The Balaban J connectivity index is 2.14. The van der Waals surface area contributed by atoms with Crippen molar-refractivity contribution in [2.24, 2.45) is 0 Å². The molecular formula is C17H12ClNO5. The van der Waals surface area contributed by atoms with Crippen molar-refractivity contribution < 1.29 is 19.2 Å². The van der Waals surface area contributed by atoms with Gasteiger partial charge in [-0.15, -0.1) is 11.6 Å². The van der Waals surface area contributed by atoms with E-state index in [9.17, 15) is 19.7 Å². The van der Waals surface area contributed by atoms with Crippen LogP contribution in [0.25, 0.3) is 6.08 Å². The number of carbonyl (C=O) groups excluding carboxylic acids is 2. The molecular weight excluding hydrogens is 334 g/mol. The summed E-state index contributed by atoms with van der Waals surface area (Å²) in [7, 11) is 0. The summed E-state index contributed by atoms with van der Waals surface area (Å²) in [5, 5.41) is 10.7. The normalized spacial score (nSPS) is 10.5. The zero-order valence-corrected chi connectivity index (χ0v) is 13.1. The van der Waals surface area contributed by atoms with Crippen molar-refractivity contribution in [2.75, 3.05) is 5.88 Å². The number of non-ortho nitro benzene ring substituents is 1. The van der Waals surface area contributed by atoms with E-state index < -0.39 is 10.9 Å². The van der Waals surface area contributed by atoms with Crippen LogP contribution < -0.4 is 4.74 Å². The Labute approximate surface area is 142 Å². The summed E-state index contributed by atoms with van der Waals surface area (Å²) in [6, 6.07) is 12.0. The lowest BCUT2D eigenvalue weighted by Gasteiger charge is -2.03. The first kappa shape index (κ1) is 17.4. The Hall–Kier alpha value is -2.99. The third-order valence-corrected chi connectivity index (χ3v) is 3.19. The van der Waals surface area contributed by atoms with Crippen LogP contribution in [0.2, 0.25) is 0 Å². The predicted octanol–water partition coefficient (Wildman–Crippen LogP) is 3.64. The molecule has 0 N–H and O–H groups in total. The molecule has 0 amide bonds. The Bertz CT molecular complexity index is 816. The molecule has 0 radical (unpaired) electrons. The second-order valence-electron chi connectivity index (χ2n) is 4.69. The maximum atomic E-state index is 12.2. The monoisotopic (exact) mass is 345 g/mol. The topological polar surface area (TPSA) is 86.5 Å². The minimum Gasteiger partial charge on any atom is -0.426 e. The van der Waals surface area contributed by atoms with Crippen LogP contribution in [0, 0.1) is 10.1 Å². The lowest BCUT2D eigenvalue weighted by atomic mass is 10.1. The molecule has 0 atom stereocenters. The summed E-state index contributed by atoms with van der Waals surface area (Å²) in [6.45, 7) is 0. The number of esters is 1. The molecule has 0 aliphatic rings. The first-order valence-electron chi connectivity index (χ1n) is 6.83. The van der Waals surface area contributed by atoms with Gasteiger partial charge < -0.3 is 4.74 Å². The highest BCUT2D eigenvalue weighted by molar-refractivity contribution is 6.26. The van der Waals surface area contributed by atoms with Gasteiger partial charge in [0.25, 0.3) is 5.69 Å². The maximum Gasteiger partial charge on any atom is 0.326 e. The molecule has 0 saturated carbocycles. The first-order chi connectivity index (χ1) is 11.5. The molecule has 0 aliphatic heterocycles. The van der Waals surface area contributed by atoms with Crippen molar-refractivity contribution >= 4 is 35.1 Å². The van der Waals surface area contributed by atoms with E-state index in [1.807, 2.05) is 0 Å². The van der Waals surface area contributed by atoms with Crippen molar-refractivity contribution in [2.45, 2.75) is 0 Å². The summed E-state index contributed by atoms with van der Waals surface area (Å²) < 4.78 is 4.94. The highest BCUT2D eigenvalue weighted by atomic mass is 35.5. The molecule has 7 heteroatoms. The van der Waals surface area contributed by atoms with E-state index in [4.69, 9.17) is 16.3 Å². The maximum absolute atomic E-state index is 12.2. The molecule has 0 aliphatic carbocycles. The number of nitro groups is 1. The van der Waals surface area contributed by atoms with E-state index in [0.717, 1.165) is 0 Å². The Morgan fingerprint density at radius 3 is 2.62 bits per heavy atom. The van der Waals surface area contributed by atoms with Crippen LogP contribution in [0.1, 0.15) is 15.9 Å². The summed E-state index contributed by atoms with van der Waals surface area (Å²) in [4.78, 5) is 33.5. The summed E-state index contributed by atoms with van der Waals surface area (Å²) in [5.41, 5.74) is 0.790. The van der Waals surface area contributed by atoms with Gasteiger partial charge in [-0.3, -0.25) is 19.7 Å². The number of ether oxygens (including phenoxy) is 1. The highest BCUT2D eigenvalue weighted by Gasteiger charge is 2.08. The fourth-order valence-electron chi connectivity index (χ4n) is 1.88. The molecule has 0 spiro atoms. The molecule has 0 heterocycles. The second kappa shape index (κ2) is 8.03. The quantitative estimate of drug-likeness (QED) is 0.152. The standard InChI is InChI=1S/C17H12ClNO5/c18-11-17(21)24-15-6-2-4-13(10-15)16(20)8-7-12-3-1-5-14(9-12)19(22)23/h1-10H,11H2. The molecule has 122 valence electrons. The number of carbonyl (C=O) groups is 2. The van der Waals surface area contributed by atoms with Gasteiger partial charge in [-0.1, -0.05) is 30.3 Å². The van der Waals surface area contributed by atoms with Gasteiger partial charge in [0, 0.05) is 17.7 Å². The Morgan fingerprint density at radius 2 is 1.92 bits per heavy atom. The molecule has 2 aromatic rings. The molecule has 2 rings (SSSR count). The fourth-order valence-corrected chi connectivity index (χ4v) is 1.94. The Kier molecular flexibility index (Phi) is 5.81. The zero-order valence-electron chi connectivity index (χ0n) is 12.3. The Morgan fingerprint density at radius 1 is 1.17 bits per heavy atom. The highest BCUT2D eigenvalue weighted by Crippen LogP contribution is 2.17. The number of alkyl halides is 1. The number of ketones is 1. The number of hydrogen-bond acceptors (Lipinski definition) is 5. The molecule has 24 heavy (non-hydrogen) atoms. The number of hydrogen-bond donors (Lipinski definition) is 0. The van der Waals surface area contributed by atoms with Crippen LogP contribution in [0.3, 0.4) is 0 Å². The molecule has 0 bridgehead atoms. The van der Waals surface area contributed by atoms with Crippen molar-refractivity contribution in [3.8, 4) is 5.75 Å². The van der Waals surface area contributed by atoms with Crippen molar-refractivity contribution in [1.82, 2.24) is 0 Å². The van der Waals surface area contributed by atoms with Crippen LogP contribution in [-0.2, 0) is 4.79 Å². The van der Waals surface area contributed by atoms with Gasteiger partial charge in [0.2, 0.25) is 0 Å². The average Bonchev–Trinajstić information content (AvgIpc) is 2.60. The number of rotatable bonds is 6. The number of nitrogens with zero attached hydrogens (tertiary/aromatic N) is 1. The zero-order chi connectivity index (χ0) is 17.5. The van der Waals surface area contributed by atoms with Gasteiger partial charge in [-0.25, -0.2) is 0 Å². The van der Waals surface area contributed by atoms with Crippen LogP contribution in [-0.4, -0.2) is 22.6 Å². The number of benzene rings is 2. The second-order valence-corrected chi connectivity index (χ2v) is 4.95. The van der Waals surface area contributed by atoms with Crippen molar-refractivity contribution in [3.63, 3.8) is 0 Å². The lowest BCUT2D eigenvalue weighted by molar-refractivity contribution is -0.384. The van der Waals surface area contributed by atoms with Gasteiger partial charge >= 0.3 is 5.97 Å². The van der Waals surface area contributed by atoms with Crippen LogP contribution in [0.5, 0.6) is 5.75 Å². The SMILES string of the molecule is O=C(CCl)Oc1cccc(C(=O)C=Cc2cccc([N+](=O)[O-])c2)c1. The minimum absolute atomic E-state index is 0.0559. The smallest absolute Gasteiger partial charge is 0.326 e. The van der Waals surface area contributed by atoms with Gasteiger partial charge in [0.1, 0.15) is 11.6 Å². The molecule has 0 aromatic heterocycles. The fraction of sp³-hybridized carbons (Fsp3) is 0.0588. The number of nitro benzene ring substituents is 1. The van der Waals surface area contributed by atoms with E-state index >= 15 is 0 Å². The van der Waals surface area contributed by atoms with E-state index in [1.165, 1.54) is 42.5 Å². The summed E-state index contributed by atoms with van der Waals surface area (Å²) in [6.07, 6.45) is 2.77. The minimum atomic E-state index is -0.617. The van der Waals surface area contributed by atoms with Crippen molar-refractivity contribution in [1.29, 1.82) is 0 Å². The number of allylic oxidation sites excluding steroid dienone is 1. The van der Waals surface area contributed by atoms with Crippen LogP contribution >= 0.6 is 11.6 Å². The van der Waals surface area contributed by atoms with Crippen molar-refractivity contribution in [3.05, 3.63) is 75.8 Å². The molecule has 6 nitrogen and oxygen atoms in total. The third kappa shape index (κ3) is 4.76. The van der Waals surface area contributed by atoms with Crippen LogP contribution in [0.4, 0.5) is 5.69 Å². The lowest BCUT2D eigenvalue weighted by Crippen LogP contribution is -2.09. The molecule has 0 unspecified atom stereocenters. The first-order valence-corrected chi connectivity index (χ1v) is 7.36. The largest absolute Gasteiger partial charge is 0.426 e. The van der Waals surface area contributed by atoms with Gasteiger partial charge in [-0.2, -0.15) is 0 Å². The van der Waals surface area contributed by atoms with E-state index in [1.54, 1.807) is 18.2 Å². The van der Waals surface area contributed by atoms with Gasteiger partial charge in [-0.05, 0) is 23.8 Å². The van der Waals surface area contributed by atoms with E-state index in [-0.39, 0.29) is 23.1 Å². The van der Waals surface area contributed by atoms with Gasteiger partial charge in [0.05, 0.1) is 4.92 Å². The molecule has 0 saturated heterocycles.